The van der Waals surface area contributed by atoms with Gasteiger partial charge >= 0.3 is 0 Å². The van der Waals surface area contributed by atoms with Crippen LogP contribution in [0.5, 0.6) is 0 Å². The smallest absolute Gasteiger partial charge is 0.0208 e. The maximum Gasteiger partial charge on any atom is 0.0208 e. The Morgan fingerprint density at radius 2 is 2.23 bits per heavy atom. The van der Waals surface area contributed by atoms with Gasteiger partial charge < -0.3 is 5.32 Å². The van der Waals surface area contributed by atoms with E-state index in [0.717, 1.165) is 19.5 Å². The first-order chi connectivity index (χ1) is 6.38. The van der Waals surface area contributed by atoms with Crippen LogP contribution in [-0.2, 0) is 0 Å². The van der Waals surface area contributed by atoms with Crippen LogP contribution in [0.3, 0.4) is 0 Å². The molecule has 1 heterocycles. The summed E-state index contributed by atoms with van der Waals surface area (Å²) in [5, 5.41) is 3.39. The van der Waals surface area contributed by atoms with Crippen LogP contribution < -0.4 is 5.32 Å². The maximum atomic E-state index is 3.39. The van der Waals surface area contributed by atoms with E-state index in [1.54, 1.807) is 0 Å². The molecule has 0 aliphatic carbocycles. The van der Waals surface area contributed by atoms with E-state index in [1.807, 2.05) is 0 Å². The molecule has 0 saturated carbocycles. The number of hydrogen-bond donors (Lipinski definition) is 1. The summed E-state index contributed by atoms with van der Waals surface area (Å²) in [6, 6.07) is 0. The van der Waals surface area contributed by atoms with Gasteiger partial charge in [0.25, 0.3) is 0 Å². The van der Waals surface area contributed by atoms with E-state index in [9.17, 15) is 0 Å². The molecule has 1 heteroatoms. The van der Waals surface area contributed by atoms with Crippen LogP contribution in [0.15, 0.2) is 35.5 Å². The Kier molecular flexibility index (Phi) is 4.55. The molecule has 0 aromatic rings. The van der Waals surface area contributed by atoms with Crippen molar-refractivity contribution in [2.24, 2.45) is 0 Å². The van der Waals surface area contributed by atoms with Gasteiger partial charge in [-0.3, -0.25) is 0 Å². The Labute approximate surface area is 81.2 Å². The van der Waals surface area contributed by atoms with Gasteiger partial charge in [-0.15, -0.1) is 0 Å². The molecule has 1 nitrogen and oxygen atoms in total. The van der Waals surface area contributed by atoms with Crippen molar-refractivity contribution in [1.29, 1.82) is 0 Å². The van der Waals surface area contributed by atoms with Crippen molar-refractivity contribution in [2.75, 3.05) is 13.1 Å². The molecule has 0 bridgehead atoms. The number of nitrogens with one attached hydrogen (secondary N) is 1. The SMILES string of the molecule is C\C=C/C=C1/CNCC/C1=C\CC. The summed E-state index contributed by atoms with van der Waals surface area (Å²) in [4.78, 5) is 0. The Balaban J connectivity index is 2.72. The molecule has 1 fully saturated rings. The van der Waals surface area contributed by atoms with Crippen LogP contribution in [-0.4, -0.2) is 13.1 Å². The molecule has 0 atom stereocenters. The molecular weight excluding hydrogens is 158 g/mol. The normalized spacial score (nSPS) is 24.8. The zero-order valence-corrected chi connectivity index (χ0v) is 8.64. The summed E-state index contributed by atoms with van der Waals surface area (Å²) < 4.78 is 0. The highest BCUT2D eigenvalue weighted by Gasteiger charge is 2.08. The number of allylic oxidation sites excluding steroid dienone is 4. The third-order valence-electron chi connectivity index (χ3n) is 2.24. The molecule has 72 valence electrons. The number of hydrogen-bond acceptors (Lipinski definition) is 1. The van der Waals surface area contributed by atoms with E-state index >= 15 is 0 Å². The minimum atomic E-state index is 1.02. The first-order valence-corrected chi connectivity index (χ1v) is 5.10. The zero-order valence-electron chi connectivity index (χ0n) is 8.64. The van der Waals surface area contributed by atoms with Gasteiger partial charge in [0.2, 0.25) is 0 Å². The average molecular weight is 177 g/mol. The van der Waals surface area contributed by atoms with Crippen molar-refractivity contribution in [3.05, 3.63) is 35.5 Å². The van der Waals surface area contributed by atoms with Gasteiger partial charge in [0.05, 0.1) is 0 Å². The molecule has 1 saturated heterocycles. The molecule has 1 rings (SSSR count). The Morgan fingerprint density at radius 1 is 1.38 bits per heavy atom. The van der Waals surface area contributed by atoms with E-state index in [4.69, 9.17) is 0 Å². The second kappa shape index (κ2) is 5.76. The molecule has 1 aliphatic heterocycles. The minimum absolute atomic E-state index is 1.02. The quantitative estimate of drug-likeness (QED) is 0.684. The first-order valence-electron chi connectivity index (χ1n) is 5.10. The van der Waals surface area contributed by atoms with Crippen molar-refractivity contribution in [3.8, 4) is 0 Å². The topological polar surface area (TPSA) is 12.0 Å². The summed E-state index contributed by atoms with van der Waals surface area (Å²) >= 11 is 0. The Hall–Kier alpha value is -0.820. The van der Waals surface area contributed by atoms with Gasteiger partial charge in [0, 0.05) is 6.54 Å². The van der Waals surface area contributed by atoms with Gasteiger partial charge in [-0.25, -0.2) is 0 Å². The van der Waals surface area contributed by atoms with Gasteiger partial charge in [0.1, 0.15) is 0 Å². The van der Waals surface area contributed by atoms with Gasteiger partial charge in [-0.2, -0.15) is 0 Å². The van der Waals surface area contributed by atoms with E-state index in [1.165, 1.54) is 17.6 Å². The minimum Gasteiger partial charge on any atom is -0.312 e. The predicted molar refractivity (Wildman–Crippen MR) is 58.8 cm³/mol. The molecule has 0 aromatic heterocycles. The molecule has 1 N–H and O–H groups in total. The summed E-state index contributed by atoms with van der Waals surface area (Å²) in [5.41, 5.74) is 2.98. The number of rotatable bonds is 2. The van der Waals surface area contributed by atoms with E-state index in [0.29, 0.717) is 0 Å². The van der Waals surface area contributed by atoms with Gasteiger partial charge in [-0.05, 0) is 37.5 Å². The summed E-state index contributed by atoms with van der Waals surface area (Å²) in [6.07, 6.45) is 11.1. The lowest BCUT2D eigenvalue weighted by molar-refractivity contribution is 0.680. The third-order valence-corrected chi connectivity index (χ3v) is 2.24. The monoisotopic (exact) mass is 177 g/mol. The van der Waals surface area contributed by atoms with Crippen LogP contribution in [0.1, 0.15) is 26.7 Å². The molecule has 1 aliphatic rings. The van der Waals surface area contributed by atoms with Crippen molar-refractivity contribution in [1.82, 2.24) is 5.32 Å². The largest absolute Gasteiger partial charge is 0.312 e. The second-order valence-electron chi connectivity index (χ2n) is 3.28. The van der Waals surface area contributed by atoms with Crippen molar-refractivity contribution in [3.63, 3.8) is 0 Å². The van der Waals surface area contributed by atoms with Crippen LogP contribution in [0.4, 0.5) is 0 Å². The fourth-order valence-electron chi connectivity index (χ4n) is 1.58. The molecule has 0 spiro atoms. The fraction of sp³-hybridized carbons (Fsp3) is 0.500. The summed E-state index contributed by atoms with van der Waals surface area (Å²) in [6.45, 7) is 6.40. The summed E-state index contributed by atoms with van der Waals surface area (Å²) in [7, 11) is 0. The molecule has 0 unspecified atom stereocenters. The highest BCUT2D eigenvalue weighted by molar-refractivity contribution is 5.36. The van der Waals surface area contributed by atoms with Crippen LogP contribution in [0.25, 0.3) is 0 Å². The Bertz CT molecular complexity index is 234. The average Bonchev–Trinajstić information content (AvgIpc) is 2.17. The lowest BCUT2D eigenvalue weighted by Crippen LogP contribution is -2.25. The molecule has 0 aromatic carbocycles. The molecular formula is C12H19N. The van der Waals surface area contributed by atoms with Crippen LogP contribution >= 0.6 is 0 Å². The van der Waals surface area contributed by atoms with E-state index in [2.05, 4.69) is 43.5 Å². The highest BCUT2D eigenvalue weighted by atomic mass is 14.9. The lowest BCUT2D eigenvalue weighted by Gasteiger charge is -2.19. The standard InChI is InChI=1S/C12H19N/c1-3-5-7-12-10-13-9-8-11(12)6-4-2/h3,5-7,13H,4,8-10H2,1-2H3/b5-3-,11-6+,12-7-. The molecule has 0 amide bonds. The van der Waals surface area contributed by atoms with Gasteiger partial charge in [-0.1, -0.05) is 31.2 Å². The molecule has 0 radical (unpaired) electrons. The van der Waals surface area contributed by atoms with Gasteiger partial charge in [0.15, 0.2) is 0 Å². The van der Waals surface area contributed by atoms with Crippen LogP contribution in [0, 0.1) is 0 Å². The van der Waals surface area contributed by atoms with Crippen LogP contribution in [0.2, 0.25) is 0 Å². The second-order valence-corrected chi connectivity index (χ2v) is 3.28. The highest BCUT2D eigenvalue weighted by Crippen LogP contribution is 2.17. The summed E-state index contributed by atoms with van der Waals surface area (Å²) in [5.74, 6) is 0. The first kappa shape index (κ1) is 10.3. The third kappa shape index (κ3) is 3.19. The lowest BCUT2D eigenvalue weighted by atomic mass is 9.98. The molecule has 13 heavy (non-hydrogen) atoms. The van der Waals surface area contributed by atoms with Crippen molar-refractivity contribution < 1.29 is 0 Å². The van der Waals surface area contributed by atoms with Crippen molar-refractivity contribution in [2.45, 2.75) is 26.7 Å². The van der Waals surface area contributed by atoms with Crippen molar-refractivity contribution >= 4 is 0 Å². The fourth-order valence-corrected chi connectivity index (χ4v) is 1.58. The Morgan fingerprint density at radius 3 is 2.92 bits per heavy atom. The number of piperidine rings is 1. The maximum absolute atomic E-state index is 3.39. The predicted octanol–water partition coefficient (Wildman–Crippen LogP) is 2.82. The zero-order chi connectivity index (χ0) is 9.52. The van der Waals surface area contributed by atoms with E-state index < -0.39 is 0 Å². The van der Waals surface area contributed by atoms with E-state index in [-0.39, 0.29) is 0 Å².